The quantitative estimate of drug-likeness (QED) is 0.794. The van der Waals surface area contributed by atoms with Crippen LogP contribution in [0.3, 0.4) is 0 Å². The highest BCUT2D eigenvalue weighted by Crippen LogP contribution is 2.62. The van der Waals surface area contributed by atoms with Crippen LogP contribution in [-0.4, -0.2) is 10.9 Å². The fraction of sp³-hybridized carbons (Fsp3) is 0.591. The third-order valence-electron chi connectivity index (χ3n) is 7.40. The van der Waals surface area contributed by atoms with Crippen LogP contribution in [-0.2, 0) is 11.2 Å². The number of Topliss-reactive ketones (excluding diaryl/α,β-unsaturated/α-hetero) is 1. The van der Waals surface area contributed by atoms with E-state index < -0.39 is 0 Å². The van der Waals surface area contributed by atoms with Gasteiger partial charge in [-0.2, -0.15) is 0 Å². The predicted octanol–water partition coefficient (Wildman–Crippen LogP) is 5.01. The second-order valence-electron chi connectivity index (χ2n) is 8.17. The van der Waals surface area contributed by atoms with Crippen LogP contribution < -0.4 is 0 Å². The lowest BCUT2D eigenvalue weighted by atomic mass is 9.54. The first kappa shape index (κ1) is 15.9. The van der Waals surface area contributed by atoms with Gasteiger partial charge in [-0.25, -0.2) is 0 Å². The summed E-state index contributed by atoms with van der Waals surface area (Å²) in [4.78, 5) is 13.2. The summed E-state index contributed by atoms with van der Waals surface area (Å²) in [7, 11) is 0. The average molecular weight is 324 g/mol. The highest BCUT2D eigenvalue weighted by atomic mass is 16.3. The van der Waals surface area contributed by atoms with Crippen molar-refractivity contribution in [2.75, 3.05) is 0 Å². The SMILES string of the molecule is C=CC[C@H]1C[C@H]2[C@@H]3CCc4cc(O)ccc4[C@H]3CC[C@]2(CC)C1=O. The summed E-state index contributed by atoms with van der Waals surface area (Å²) in [6.07, 6.45) is 9.21. The molecule has 0 saturated heterocycles. The number of allylic oxidation sites excluding steroid dienone is 1. The van der Waals surface area contributed by atoms with Gasteiger partial charge in [0.15, 0.2) is 0 Å². The highest BCUT2D eigenvalue weighted by Gasteiger charge is 2.59. The van der Waals surface area contributed by atoms with E-state index >= 15 is 0 Å². The zero-order valence-electron chi connectivity index (χ0n) is 14.6. The summed E-state index contributed by atoms with van der Waals surface area (Å²) in [5, 5.41) is 9.79. The number of fused-ring (bicyclic) bond motifs is 5. The maximum atomic E-state index is 13.2. The Morgan fingerprint density at radius 3 is 2.96 bits per heavy atom. The van der Waals surface area contributed by atoms with Gasteiger partial charge in [-0.05, 0) is 86.0 Å². The smallest absolute Gasteiger partial charge is 0.142 e. The number of rotatable bonds is 3. The number of hydrogen-bond acceptors (Lipinski definition) is 2. The summed E-state index contributed by atoms with van der Waals surface area (Å²) in [6.45, 7) is 6.09. The molecule has 0 amide bonds. The second kappa shape index (κ2) is 5.75. The number of aromatic hydroxyl groups is 1. The third-order valence-corrected chi connectivity index (χ3v) is 7.40. The van der Waals surface area contributed by atoms with Gasteiger partial charge in [-0.3, -0.25) is 4.79 Å². The van der Waals surface area contributed by atoms with Crippen molar-refractivity contribution in [1.82, 2.24) is 0 Å². The molecule has 0 unspecified atom stereocenters. The lowest BCUT2D eigenvalue weighted by molar-refractivity contribution is -0.133. The minimum atomic E-state index is -0.0662. The van der Waals surface area contributed by atoms with E-state index in [0.29, 0.717) is 29.3 Å². The first-order chi connectivity index (χ1) is 11.6. The van der Waals surface area contributed by atoms with Crippen LogP contribution in [0.5, 0.6) is 5.75 Å². The molecule has 0 bridgehead atoms. The molecule has 2 saturated carbocycles. The van der Waals surface area contributed by atoms with Gasteiger partial charge in [0, 0.05) is 11.3 Å². The van der Waals surface area contributed by atoms with Crippen molar-refractivity contribution < 1.29 is 9.90 Å². The first-order valence-electron chi connectivity index (χ1n) is 9.57. The largest absolute Gasteiger partial charge is 0.508 e. The van der Waals surface area contributed by atoms with Crippen LogP contribution in [0.4, 0.5) is 0 Å². The summed E-state index contributed by atoms with van der Waals surface area (Å²) in [5.74, 6) is 2.87. The molecule has 2 heteroatoms. The molecular formula is C22H28O2. The van der Waals surface area contributed by atoms with Crippen LogP contribution in [0.2, 0.25) is 0 Å². The van der Waals surface area contributed by atoms with Crippen LogP contribution in [0, 0.1) is 23.2 Å². The highest BCUT2D eigenvalue weighted by molar-refractivity contribution is 5.90. The second-order valence-corrected chi connectivity index (χ2v) is 8.17. The van der Waals surface area contributed by atoms with E-state index in [1.165, 1.54) is 17.5 Å². The third kappa shape index (κ3) is 2.11. The lowest BCUT2D eigenvalue weighted by Gasteiger charge is -2.49. The van der Waals surface area contributed by atoms with Crippen molar-refractivity contribution in [3.63, 3.8) is 0 Å². The van der Waals surface area contributed by atoms with E-state index in [-0.39, 0.29) is 11.3 Å². The van der Waals surface area contributed by atoms with Gasteiger partial charge in [0.25, 0.3) is 0 Å². The molecule has 24 heavy (non-hydrogen) atoms. The minimum Gasteiger partial charge on any atom is -0.508 e. The molecule has 128 valence electrons. The monoisotopic (exact) mass is 324 g/mol. The van der Waals surface area contributed by atoms with Crippen molar-refractivity contribution in [2.45, 2.75) is 57.8 Å². The van der Waals surface area contributed by atoms with E-state index in [0.717, 1.165) is 38.5 Å². The van der Waals surface area contributed by atoms with E-state index in [9.17, 15) is 9.90 Å². The van der Waals surface area contributed by atoms with Crippen molar-refractivity contribution in [3.8, 4) is 5.75 Å². The van der Waals surface area contributed by atoms with Crippen LogP contribution >= 0.6 is 0 Å². The van der Waals surface area contributed by atoms with E-state index in [4.69, 9.17) is 0 Å². The van der Waals surface area contributed by atoms with Crippen LogP contribution in [0.25, 0.3) is 0 Å². The van der Waals surface area contributed by atoms with Gasteiger partial charge >= 0.3 is 0 Å². The van der Waals surface area contributed by atoms with Gasteiger partial charge in [0.2, 0.25) is 0 Å². The van der Waals surface area contributed by atoms with Gasteiger partial charge in [-0.1, -0.05) is 19.1 Å². The first-order valence-corrected chi connectivity index (χ1v) is 9.57. The number of hydrogen-bond donors (Lipinski definition) is 1. The van der Waals surface area contributed by atoms with Crippen LogP contribution in [0.1, 0.15) is 62.5 Å². The van der Waals surface area contributed by atoms with E-state index in [1.807, 2.05) is 18.2 Å². The molecule has 1 aromatic carbocycles. The molecule has 0 heterocycles. The minimum absolute atomic E-state index is 0.0662. The molecule has 2 fully saturated rings. The number of carbonyl (C=O) groups is 1. The van der Waals surface area contributed by atoms with Crippen molar-refractivity contribution in [2.24, 2.45) is 23.2 Å². The summed E-state index contributed by atoms with van der Waals surface area (Å²) < 4.78 is 0. The Hall–Kier alpha value is -1.57. The Balaban J connectivity index is 1.70. The molecule has 2 nitrogen and oxygen atoms in total. The molecule has 0 radical (unpaired) electrons. The number of aryl methyl sites for hydroxylation is 1. The summed E-state index contributed by atoms with van der Waals surface area (Å²) >= 11 is 0. The molecule has 3 aliphatic carbocycles. The summed E-state index contributed by atoms with van der Waals surface area (Å²) in [5.41, 5.74) is 2.70. The van der Waals surface area contributed by atoms with Crippen LogP contribution in [0.15, 0.2) is 30.9 Å². The Morgan fingerprint density at radius 2 is 2.21 bits per heavy atom. The van der Waals surface area contributed by atoms with Crippen molar-refractivity contribution >= 4 is 5.78 Å². The van der Waals surface area contributed by atoms with Gasteiger partial charge in [0.1, 0.15) is 11.5 Å². The molecule has 5 atom stereocenters. The number of phenolic OH excluding ortho intramolecular Hbond substituents is 1. The molecule has 0 aliphatic heterocycles. The Bertz CT molecular complexity index is 677. The number of carbonyl (C=O) groups excluding carboxylic acids is 1. The molecule has 4 rings (SSSR count). The molecule has 0 spiro atoms. The van der Waals surface area contributed by atoms with Gasteiger partial charge in [0.05, 0.1) is 0 Å². The lowest BCUT2D eigenvalue weighted by Crippen LogP contribution is -2.44. The number of benzene rings is 1. The standard InChI is InChI=1S/C22H28O2/c1-3-5-15-13-20-19-8-6-14-12-16(23)7-9-17(14)18(19)10-11-22(20,4-2)21(15)24/h3,7,9,12,15,18-20,23H,1,4-6,8,10-11,13H2,2H3/t15-,18+,19+,20-,22-/m0/s1. The zero-order valence-corrected chi connectivity index (χ0v) is 14.6. The number of phenols is 1. The average Bonchev–Trinajstić information content (AvgIpc) is 2.88. The van der Waals surface area contributed by atoms with Crippen molar-refractivity contribution in [1.29, 1.82) is 0 Å². The fourth-order valence-corrected chi connectivity index (χ4v) is 6.33. The Labute approximate surface area is 145 Å². The van der Waals surface area contributed by atoms with Crippen molar-refractivity contribution in [3.05, 3.63) is 42.0 Å². The molecule has 3 aliphatic rings. The predicted molar refractivity (Wildman–Crippen MR) is 96.0 cm³/mol. The molecular weight excluding hydrogens is 296 g/mol. The fourth-order valence-electron chi connectivity index (χ4n) is 6.33. The zero-order chi connectivity index (χ0) is 16.9. The normalized spacial score (nSPS) is 37.5. The maximum Gasteiger partial charge on any atom is 0.142 e. The maximum absolute atomic E-state index is 13.2. The van der Waals surface area contributed by atoms with E-state index in [2.05, 4.69) is 19.6 Å². The Morgan fingerprint density at radius 1 is 1.38 bits per heavy atom. The number of ketones is 1. The molecule has 0 aromatic heterocycles. The van der Waals surface area contributed by atoms with Gasteiger partial charge < -0.3 is 5.11 Å². The molecule has 1 N–H and O–H groups in total. The summed E-state index contributed by atoms with van der Waals surface area (Å²) in [6, 6.07) is 5.93. The topological polar surface area (TPSA) is 37.3 Å². The molecule has 1 aromatic rings. The van der Waals surface area contributed by atoms with E-state index in [1.54, 1.807) is 0 Å². The van der Waals surface area contributed by atoms with Gasteiger partial charge in [-0.15, -0.1) is 6.58 Å². The Kier molecular flexibility index (Phi) is 3.82.